The van der Waals surface area contributed by atoms with Crippen molar-refractivity contribution in [1.29, 1.82) is 0 Å². The Kier molecular flexibility index (Phi) is 7.23. The molecule has 7 nitrogen and oxygen atoms in total. The largest absolute Gasteiger partial charge is 0.497 e. The van der Waals surface area contributed by atoms with Gasteiger partial charge in [0.15, 0.2) is 0 Å². The number of carboxylic acid groups (broad SMARTS) is 1. The maximum Gasteiger partial charge on any atom is 0.408 e. The number of ether oxygens (including phenoxy) is 1. The highest BCUT2D eigenvalue weighted by molar-refractivity contribution is 5.86. The second kappa shape index (κ2) is 8.71. The van der Waals surface area contributed by atoms with Gasteiger partial charge >= 0.3 is 6.09 Å². The van der Waals surface area contributed by atoms with Gasteiger partial charge in [-0.15, -0.1) is 0 Å². The number of carbonyl (C=O) groups is 2. The van der Waals surface area contributed by atoms with Gasteiger partial charge in [-0.2, -0.15) is 0 Å². The maximum absolute atomic E-state index is 12.7. The Morgan fingerprint density at radius 2 is 1.96 bits per heavy atom. The smallest absolute Gasteiger partial charge is 0.408 e. The Bertz CT molecular complexity index is 597. The summed E-state index contributed by atoms with van der Waals surface area (Å²) in [7, 11) is 1.56. The minimum Gasteiger partial charge on any atom is -0.497 e. The average Bonchev–Trinajstić information content (AvgIpc) is 2.52. The fourth-order valence-electron chi connectivity index (χ4n) is 2.69. The maximum atomic E-state index is 12.7. The number of hydrogen-bond acceptors (Lipinski definition) is 4. The molecule has 1 rings (SSSR count). The first-order chi connectivity index (χ1) is 11.6. The van der Waals surface area contributed by atoms with E-state index in [1.807, 2.05) is 25.1 Å². The molecule has 0 unspecified atom stereocenters. The molecule has 0 bridgehead atoms. The van der Waals surface area contributed by atoms with Gasteiger partial charge in [0.25, 0.3) is 0 Å². The van der Waals surface area contributed by atoms with Crippen LogP contribution in [0.25, 0.3) is 0 Å². The van der Waals surface area contributed by atoms with Gasteiger partial charge in [0.2, 0.25) is 5.91 Å². The highest BCUT2D eigenvalue weighted by Gasteiger charge is 2.37. The van der Waals surface area contributed by atoms with Crippen LogP contribution in [-0.4, -0.2) is 52.4 Å². The predicted molar refractivity (Wildman–Crippen MR) is 94.7 cm³/mol. The number of rotatable bonds is 7. The fourth-order valence-corrected chi connectivity index (χ4v) is 2.69. The molecule has 25 heavy (non-hydrogen) atoms. The van der Waals surface area contributed by atoms with Crippen LogP contribution in [0.2, 0.25) is 0 Å². The summed E-state index contributed by atoms with van der Waals surface area (Å²) in [5, 5.41) is 21.6. The molecule has 7 heteroatoms. The summed E-state index contributed by atoms with van der Waals surface area (Å²) in [6.07, 6.45) is -1.17. The number of nitrogens with one attached hydrogen (secondary N) is 1. The van der Waals surface area contributed by atoms with Gasteiger partial charge in [-0.3, -0.25) is 9.69 Å². The molecule has 0 aromatic heterocycles. The molecule has 0 saturated carbocycles. The first kappa shape index (κ1) is 20.8. The quantitative estimate of drug-likeness (QED) is 0.700. The van der Waals surface area contributed by atoms with Crippen molar-refractivity contribution < 1.29 is 24.5 Å². The van der Waals surface area contributed by atoms with Gasteiger partial charge in [0, 0.05) is 18.6 Å². The van der Waals surface area contributed by atoms with Crippen molar-refractivity contribution in [3.8, 4) is 5.75 Å². The summed E-state index contributed by atoms with van der Waals surface area (Å²) in [5.41, 5.74) is 0.0652. The average molecular weight is 352 g/mol. The molecular weight excluding hydrogens is 324 g/mol. The Hall–Kier alpha value is -2.28. The summed E-state index contributed by atoms with van der Waals surface area (Å²) in [4.78, 5) is 25.4. The Morgan fingerprint density at radius 3 is 2.44 bits per heavy atom. The summed E-state index contributed by atoms with van der Waals surface area (Å²) in [6, 6.07) is 5.98. The van der Waals surface area contributed by atoms with Gasteiger partial charge in [-0.05, 0) is 45.4 Å². The van der Waals surface area contributed by atoms with E-state index in [2.05, 4.69) is 5.32 Å². The number of aliphatic hydroxyl groups is 1. The van der Waals surface area contributed by atoms with Crippen LogP contribution in [0.4, 0.5) is 4.79 Å². The van der Waals surface area contributed by atoms with Gasteiger partial charge in [-0.1, -0.05) is 12.1 Å². The van der Waals surface area contributed by atoms with Crippen LogP contribution in [0, 0.1) is 0 Å². The number of benzene rings is 1. The molecule has 0 radical (unpaired) electrons. The normalized spacial score (nSPS) is 13.7. The summed E-state index contributed by atoms with van der Waals surface area (Å²) in [6.45, 7) is 6.66. The lowest BCUT2D eigenvalue weighted by Crippen LogP contribution is -2.57. The van der Waals surface area contributed by atoms with Crippen molar-refractivity contribution in [2.75, 3.05) is 13.7 Å². The minimum atomic E-state index is -1.20. The van der Waals surface area contributed by atoms with Crippen LogP contribution >= 0.6 is 0 Å². The number of methoxy groups -OCH3 is 1. The van der Waals surface area contributed by atoms with Gasteiger partial charge in [0.05, 0.1) is 13.2 Å². The monoisotopic (exact) mass is 352 g/mol. The Morgan fingerprint density at radius 1 is 1.32 bits per heavy atom. The molecule has 0 aliphatic carbocycles. The standard InChI is InChI=1S/C18H28N2O5/c1-12(13-7-6-8-14(11-13)25-5)19-16(22)15(9-10-21)20(17(23)24)18(2,3)4/h6-8,11-12,15,21H,9-10H2,1-5H3,(H,19,22)(H,23,24)/t12-,15-/m1/s1. The van der Waals surface area contributed by atoms with Crippen LogP contribution in [0.3, 0.4) is 0 Å². The zero-order chi connectivity index (χ0) is 19.2. The van der Waals surface area contributed by atoms with Gasteiger partial charge in [-0.25, -0.2) is 4.79 Å². The Balaban J connectivity index is 3.00. The lowest BCUT2D eigenvalue weighted by atomic mass is 10.0. The zero-order valence-electron chi connectivity index (χ0n) is 15.4. The lowest BCUT2D eigenvalue weighted by molar-refractivity contribution is -0.129. The van der Waals surface area contributed by atoms with E-state index in [4.69, 9.17) is 4.74 Å². The van der Waals surface area contributed by atoms with Gasteiger partial charge in [0.1, 0.15) is 11.8 Å². The topological polar surface area (TPSA) is 99.1 Å². The lowest BCUT2D eigenvalue weighted by Gasteiger charge is -2.39. The van der Waals surface area contributed by atoms with Gasteiger partial charge < -0.3 is 20.3 Å². The third-order valence-corrected chi connectivity index (χ3v) is 3.90. The van der Waals surface area contributed by atoms with E-state index in [9.17, 15) is 19.8 Å². The van der Waals surface area contributed by atoms with Crippen molar-refractivity contribution in [2.24, 2.45) is 0 Å². The molecule has 0 saturated heterocycles. The highest BCUT2D eigenvalue weighted by Crippen LogP contribution is 2.22. The molecule has 0 aliphatic heterocycles. The number of aliphatic hydroxyl groups excluding tert-OH is 1. The summed E-state index contributed by atoms with van der Waals surface area (Å²) in [5.74, 6) is 0.231. The SMILES string of the molecule is COc1cccc([C@@H](C)NC(=O)[C@@H](CCO)N(C(=O)O)C(C)(C)C)c1. The third-order valence-electron chi connectivity index (χ3n) is 3.90. The molecule has 0 aliphatic rings. The van der Waals surface area contributed by atoms with E-state index in [0.29, 0.717) is 5.75 Å². The van der Waals surface area contributed by atoms with Crippen molar-refractivity contribution in [3.63, 3.8) is 0 Å². The first-order valence-electron chi connectivity index (χ1n) is 8.19. The fraction of sp³-hybridized carbons (Fsp3) is 0.556. The molecule has 0 spiro atoms. The molecule has 3 N–H and O–H groups in total. The van der Waals surface area contributed by atoms with Crippen LogP contribution in [0.1, 0.15) is 45.7 Å². The van der Waals surface area contributed by atoms with E-state index in [1.165, 1.54) is 0 Å². The van der Waals surface area contributed by atoms with Crippen molar-refractivity contribution in [3.05, 3.63) is 29.8 Å². The molecule has 140 valence electrons. The van der Waals surface area contributed by atoms with Crippen molar-refractivity contribution >= 4 is 12.0 Å². The number of nitrogens with zero attached hydrogens (tertiary/aromatic N) is 1. The second-order valence-electron chi connectivity index (χ2n) is 6.86. The second-order valence-corrected chi connectivity index (χ2v) is 6.86. The summed E-state index contributed by atoms with van der Waals surface area (Å²) < 4.78 is 5.18. The van der Waals surface area contributed by atoms with Crippen LogP contribution in [-0.2, 0) is 4.79 Å². The molecule has 0 heterocycles. The van der Waals surface area contributed by atoms with E-state index in [-0.39, 0.29) is 19.1 Å². The Labute approximate surface area is 148 Å². The first-order valence-corrected chi connectivity index (χ1v) is 8.19. The highest BCUT2D eigenvalue weighted by atomic mass is 16.5. The van der Waals surface area contributed by atoms with Crippen molar-refractivity contribution in [1.82, 2.24) is 10.2 Å². The van der Waals surface area contributed by atoms with Crippen LogP contribution in [0.15, 0.2) is 24.3 Å². The van der Waals surface area contributed by atoms with Crippen molar-refractivity contribution in [2.45, 2.75) is 51.7 Å². The predicted octanol–water partition coefficient (Wildman–Crippen LogP) is 2.40. The molecule has 0 fully saturated rings. The number of hydrogen-bond donors (Lipinski definition) is 3. The molecule has 1 aromatic carbocycles. The number of carbonyl (C=O) groups excluding carboxylic acids is 1. The zero-order valence-corrected chi connectivity index (χ0v) is 15.4. The van der Waals surface area contributed by atoms with E-state index in [1.54, 1.807) is 33.9 Å². The molecule has 2 amide bonds. The number of amides is 2. The van der Waals surface area contributed by atoms with E-state index >= 15 is 0 Å². The van der Waals surface area contributed by atoms with Crippen LogP contribution in [0.5, 0.6) is 5.75 Å². The minimum absolute atomic E-state index is 0.0280. The third kappa shape index (κ3) is 5.63. The van der Waals surface area contributed by atoms with Crippen LogP contribution < -0.4 is 10.1 Å². The molecule has 1 aromatic rings. The summed E-state index contributed by atoms with van der Waals surface area (Å²) >= 11 is 0. The molecular formula is C18H28N2O5. The van der Waals surface area contributed by atoms with E-state index < -0.39 is 23.6 Å². The van der Waals surface area contributed by atoms with E-state index in [0.717, 1.165) is 10.5 Å². The molecule has 2 atom stereocenters.